The molecule has 0 saturated heterocycles. The van der Waals surface area contributed by atoms with Gasteiger partial charge in [-0.05, 0) is 34.1 Å². The lowest BCUT2D eigenvalue weighted by atomic mass is 10.3. The van der Waals surface area contributed by atoms with Gasteiger partial charge >= 0.3 is 0 Å². The Kier molecular flexibility index (Phi) is 4.41. The number of nitrogens with two attached hydrogens (primary N) is 1. The minimum absolute atomic E-state index is 0.545. The quantitative estimate of drug-likeness (QED) is 0.658. The average Bonchev–Trinajstić information content (AvgIpc) is 2.38. The van der Waals surface area contributed by atoms with Crippen LogP contribution < -0.4 is 15.8 Å². The van der Waals surface area contributed by atoms with Crippen LogP contribution in [0.25, 0.3) is 0 Å². The molecule has 5 heteroatoms. The van der Waals surface area contributed by atoms with Crippen molar-refractivity contribution >= 4 is 27.3 Å². The topological polar surface area (TPSA) is 60.2 Å². The predicted molar refractivity (Wildman–Crippen MR) is 76.8 cm³/mol. The van der Waals surface area contributed by atoms with Crippen molar-refractivity contribution < 1.29 is 4.74 Å². The maximum atomic E-state index is 5.78. The van der Waals surface area contributed by atoms with Crippen molar-refractivity contribution in [2.75, 3.05) is 24.2 Å². The average molecular weight is 308 g/mol. The number of aromatic nitrogens is 1. The first-order valence-electron chi connectivity index (χ1n) is 5.58. The van der Waals surface area contributed by atoms with Gasteiger partial charge in [0.25, 0.3) is 0 Å². The number of para-hydroxylation sites is 2. The second kappa shape index (κ2) is 6.26. The molecule has 4 nitrogen and oxygen atoms in total. The molecule has 0 spiro atoms. The molecule has 0 atom stereocenters. The van der Waals surface area contributed by atoms with E-state index in [4.69, 9.17) is 10.5 Å². The fourth-order valence-corrected chi connectivity index (χ4v) is 1.87. The SMILES string of the molecule is Nc1ccccc1OCCNc1ccncc1Br. The Labute approximate surface area is 114 Å². The van der Waals surface area contributed by atoms with Gasteiger partial charge in [-0.15, -0.1) is 0 Å². The number of pyridine rings is 1. The molecule has 0 unspecified atom stereocenters. The second-order valence-electron chi connectivity index (χ2n) is 3.67. The molecule has 0 aliphatic rings. The summed E-state index contributed by atoms with van der Waals surface area (Å²) in [6, 6.07) is 9.37. The summed E-state index contributed by atoms with van der Waals surface area (Å²) in [5.41, 5.74) is 7.43. The van der Waals surface area contributed by atoms with Crippen LogP contribution in [0.3, 0.4) is 0 Å². The Balaban J connectivity index is 1.80. The zero-order valence-corrected chi connectivity index (χ0v) is 11.4. The lowest BCUT2D eigenvalue weighted by Gasteiger charge is -2.10. The minimum Gasteiger partial charge on any atom is -0.490 e. The highest BCUT2D eigenvalue weighted by molar-refractivity contribution is 9.10. The molecule has 94 valence electrons. The largest absolute Gasteiger partial charge is 0.490 e. The van der Waals surface area contributed by atoms with Crippen LogP contribution in [0.5, 0.6) is 5.75 Å². The van der Waals surface area contributed by atoms with E-state index in [1.807, 2.05) is 30.3 Å². The number of rotatable bonds is 5. The number of ether oxygens (including phenoxy) is 1. The smallest absolute Gasteiger partial charge is 0.142 e. The number of hydrogen-bond acceptors (Lipinski definition) is 4. The van der Waals surface area contributed by atoms with Crippen LogP contribution in [0.15, 0.2) is 47.2 Å². The first-order chi connectivity index (χ1) is 8.77. The molecule has 0 saturated carbocycles. The molecule has 0 bridgehead atoms. The van der Waals surface area contributed by atoms with Gasteiger partial charge in [-0.3, -0.25) is 4.98 Å². The van der Waals surface area contributed by atoms with Gasteiger partial charge in [0, 0.05) is 18.9 Å². The number of halogens is 1. The summed E-state index contributed by atoms with van der Waals surface area (Å²) in [5.74, 6) is 0.716. The van der Waals surface area contributed by atoms with Crippen molar-refractivity contribution in [3.05, 3.63) is 47.2 Å². The molecule has 1 aromatic heterocycles. The molecule has 0 aliphatic carbocycles. The summed E-state index contributed by atoms with van der Waals surface area (Å²) in [6.45, 7) is 1.24. The highest BCUT2D eigenvalue weighted by Crippen LogP contribution is 2.21. The summed E-state index contributed by atoms with van der Waals surface area (Å²) in [5, 5.41) is 3.25. The molecule has 2 rings (SSSR count). The van der Waals surface area contributed by atoms with E-state index in [1.165, 1.54) is 0 Å². The molecular weight excluding hydrogens is 294 g/mol. The lowest BCUT2D eigenvalue weighted by molar-refractivity contribution is 0.334. The van der Waals surface area contributed by atoms with E-state index in [-0.39, 0.29) is 0 Å². The standard InChI is InChI=1S/C13H14BrN3O/c14-10-9-16-6-5-12(10)17-7-8-18-13-4-2-1-3-11(13)15/h1-6,9H,7-8,15H2,(H,16,17). The van der Waals surface area contributed by atoms with Gasteiger partial charge in [0.05, 0.1) is 15.8 Å². The predicted octanol–water partition coefficient (Wildman–Crippen LogP) is 2.92. The second-order valence-corrected chi connectivity index (χ2v) is 4.52. The van der Waals surface area contributed by atoms with Gasteiger partial charge in [0.15, 0.2) is 0 Å². The maximum Gasteiger partial charge on any atom is 0.142 e. The Bertz CT molecular complexity index is 472. The number of hydrogen-bond donors (Lipinski definition) is 2. The number of nitrogen functional groups attached to an aromatic ring is 1. The zero-order valence-electron chi connectivity index (χ0n) is 9.77. The van der Waals surface area contributed by atoms with E-state index < -0.39 is 0 Å². The van der Waals surface area contributed by atoms with E-state index >= 15 is 0 Å². The van der Waals surface area contributed by atoms with Gasteiger partial charge in [-0.25, -0.2) is 0 Å². The Morgan fingerprint density at radius 2 is 2.11 bits per heavy atom. The van der Waals surface area contributed by atoms with Crippen LogP contribution in [0.4, 0.5) is 11.4 Å². The van der Waals surface area contributed by atoms with Crippen LogP contribution in [0, 0.1) is 0 Å². The van der Waals surface area contributed by atoms with Crippen LogP contribution >= 0.6 is 15.9 Å². The molecule has 1 aromatic carbocycles. The summed E-state index contributed by atoms with van der Waals surface area (Å²) < 4.78 is 6.51. The first kappa shape index (κ1) is 12.7. The van der Waals surface area contributed by atoms with E-state index in [1.54, 1.807) is 12.4 Å². The first-order valence-corrected chi connectivity index (χ1v) is 6.37. The van der Waals surface area contributed by atoms with E-state index in [9.17, 15) is 0 Å². The van der Waals surface area contributed by atoms with Gasteiger partial charge < -0.3 is 15.8 Å². The molecule has 2 aromatic rings. The third-order valence-corrected chi connectivity index (χ3v) is 3.00. The van der Waals surface area contributed by atoms with Crippen LogP contribution in [-0.2, 0) is 0 Å². The number of benzene rings is 1. The molecule has 0 fully saturated rings. The summed E-state index contributed by atoms with van der Waals surface area (Å²) >= 11 is 3.42. The zero-order chi connectivity index (χ0) is 12.8. The molecule has 18 heavy (non-hydrogen) atoms. The molecule has 1 heterocycles. The lowest BCUT2D eigenvalue weighted by Crippen LogP contribution is -2.12. The van der Waals surface area contributed by atoms with Crippen molar-refractivity contribution in [3.8, 4) is 5.75 Å². The van der Waals surface area contributed by atoms with E-state index in [2.05, 4.69) is 26.2 Å². The molecular formula is C13H14BrN3O. The third kappa shape index (κ3) is 3.37. The Morgan fingerprint density at radius 1 is 1.28 bits per heavy atom. The highest BCUT2D eigenvalue weighted by atomic mass is 79.9. The monoisotopic (exact) mass is 307 g/mol. The molecule has 0 amide bonds. The van der Waals surface area contributed by atoms with Gasteiger partial charge in [-0.1, -0.05) is 12.1 Å². The van der Waals surface area contributed by atoms with Crippen molar-refractivity contribution in [2.45, 2.75) is 0 Å². The van der Waals surface area contributed by atoms with Crippen molar-refractivity contribution in [1.29, 1.82) is 0 Å². The fraction of sp³-hybridized carbons (Fsp3) is 0.154. The Morgan fingerprint density at radius 3 is 2.89 bits per heavy atom. The van der Waals surface area contributed by atoms with Crippen LogP contribution in [-0.4, -0.2) is 18.1 Å². The molecule has 0 aliphatic heterocycles. The third-order valence-electron chi connectivity index (χ3n) is 2.37. The number of anilines is 2. The highest BCUT2D eigenvalue weighted by Gasteiger charge is 1.99. The maximum absolute atomic E-state index is 5.78. The minimum atomic E-state index is 0.545. The Hall–Kier alpha value is -1.75. The van der Waals surface area contributed by atoms with Gasteiger partial charge in [-0.2, -0.15) is 0 Å². The molecule has 0 radical (unpaired) electrons. The van der Waals surface area contributed by atoms with Crippen molar-refractivity contribution in [1.82, 2.24) is 4.98 Å². The van der Waals surface area contributed by atoms with E-state index in [0.717, 1.165) is 10.2 Å². The van der Waals surface area contributed by atoms with Crippen molar-refractivity contribution in [2.24, 2.45) is 0 Å². The molecule has 3 N–H and O–H groups in total. The van der Waals surface area contributed by atoms with Gasteiger partial charge in [0.1, 0.15) is 12.4 Å². The summed E-state index contributed by atoms with van der Waals surface area (Å²) in [4.78, 5) is 4.00. The summed E-state index contributed by atoms with van der Waals surface area (Å²) in [6.07, 6.45) is 3.49. The normalized spacial score (nSPS) is 10.1. The fourth-order valence-electron chi connectivity index (χ4n) is 1.48. The van der Waals surface area contributed by atoms with Crippen LogP contribution in [0.2, 0.25) is 0 Å². The van der Waals surface area contributed by atoms with Crippen LogP contribution in [0.1, 0.15) is 0 Å². The summed E-state index contributed by atoms with van der Waals surface area (Å²) in [7, 11) is 0. The number of nitrogens with one attached hydrogen (secondary N) is 1. The van der Waals surface area contributed by atoms with Crippen molar-refractivity contribution in [3.63, 3.8) is 0 Å². The van der Waals surface area contributed by atoms with Gasteiger partial charge in [0.2, 0.25) is 0 Å². The van der Waals surface area contributed by atoms with E-state index in [0.29, 0.717) is 24.6 Å². The number of nitrogens with zero attached hydrogens (tertiary/aromatic N) is 1.